The average Bonchev–Trinajstić information content (AvgIpc) is 2.35. The van der Waals surface area contributed by atoms with Crippen molar-refractivity contribution in [1.82, 2.24) is 5.32 Å². The van der Waals surface area contributed by atoms with Gasteiger partial charge >= 0.3 is 0 Å². The van der Waals surface area contributed by atoms with Crippen LogP contribution in [-0.2, 0) is 0 Å². The summed E-state index contributed by atoms with van der Waals surface area (Å²) in [6.45, 7) is 7.80. The fraction of sp³-hybridized carbons (Fsp3) is 0.533. The Labute approximate surface area is 115 Å². The summed E-state index contributed by atoms with van der Waals surface area (Å²) in [6.07, 6.45) is 0. The molecule has 0 aliphatic carbocycles. The maximum absolute atomic E-state index is 12.5. The minimum absolute atomic E-state index is 0.0298. The number of hydrogen-bond donors (Lipinski definition) is 1. The molecular weight excluding hydrogens is 242 g/mol. The topological polar surface area (TPSA) is 47.6 Å². The van der Waals surface area contributed by atoms with Crippen molar-refractivity contribution in [3.8, 4) is 11.5 Å². The molecule has 0 fully saturated rings. The van der Waals surface area contributed by atoms with Gasteiger partial charge in [-0.2, -0.15) is 0 Å². The molecule has 0 aliphatic heterocycles. The molecule has 0 bridgehead atoms. The lowest BCUT2D eigenvalue weighted by Crippen LogP contribution is -2.49. The molecule has 0 amide bonds. The molecule has 0 atom stereocenters. The quantitative estimate of drug-likeness (QED) is 0.803. The van der Waals surface area contributed by atoms with Crippen LogP contribution in [0.3, 0.4) is 0 Å². The van der Waals surface area contributed by atoms with Crippen molar-refractivity contribution in [2.24, 2.45) is 0 Å². The van der Waals surface area contributed by atoms with E-state index in [0.29, 0.717) is 17.1 Å². The Balaban J connectivity index is 3.06. The fourth-order valence-electron chi connectivity index (χ4n) is 2.13. The minimum Gasteiger partial charge on any atom is -0.493 e. The summed E-state index contributed by atoms with van der Waals surface area (Å²) in [5.41, 5.74) is -0.0101. The highest BCUT2D eigenvalue weighted by Crippen LogP contribution is 2.29. The van der Waals surface area contributed by atoms with Crippen LogP contribution in [0.2, 0.25) is 0 Å². The zero-order valence-corrected chi connectivity index (χ0v) is 12.5. The first-order chi connectivity index (χ1) is 8.81. The molecule has 1 aromatic rings. The number of benzene rings is 1. The molecule has 4 heteroatoms. The number of ketones is 1. The smallest absolute Gasteiger partial charge is 0.182 e. The Morgan fingerprint density at radius 1 is 1.16 bits per heavy atom. The summed E-state index contributed by atoms with van der Waals surface area (Å²) in [7, 11) is 3.13. The Kier molecular flexibility index (Phi) is 4.95. The first kappa shape index (κ1) is 15.5. The predicted octanol–water partition coefficient (Wildman–Crippen LogP) is 2.66. The molecule has 1 rings (SSSR count). The van der Waals surface area contributed by atoms with E-state index >= 15 is 0 Å². The third-order valence-corrected chi connectivity index (χ3v) is 2.86. The first-order valence-corrected chi connectivity index (χ1v) is 6.36. The van der Waals surface area contributed by atoms with Gasteiger partial charge in [-0.05, 0) is 45.9 Å². The van der Waals surface area contributed by atoms with E-state index in [1.807, 2.05) is 27.7 Å². The average molecular weight is 265 g/mol. The van der Waals surface area contributed by atoms with Gasteiger partial charge in [0.1, 0.15) is 0 Å². The van der Waals surface area contributed by atoms with Crippen LogP contribution in [0.1, 0.15) is 38.1 Å². The third kappa shape index (κ3) is 3.70. The maximum atomic E-state index is 12.5. The van der Waals surface area contributed by atoms with E-state index in [0.717, 1.165) is 0 Å². The summed E-state index contributed by atoms with van der Waals surface area (Å²) in [4.78, 5) is 12.5. The number of methoxy groups -OCH3 is 2. The zero-order valence-electron chi connectivity index (χ0n) is 12.5. The van der Waals surface area contributed by atoms with Crippen LogP contribution in [0.25, 0.3) is 0 Å². The zero-order chi connectivity index (χ0) is 14.6. The molecule has 0 heterocycles. The lowest BCUT2D eigenvalue weighted by Gasteiger charge is -2.27. The number of nitrogens with one attached hydrogen (secondary N) is 1. The van der Waals surface area contributed by atoms with Gasteiger partial charge in [0, 0.05) is 11.6 Å². The Morgan fingerprint density at radius 3 is 2.21 bits per heavy atom. The van der Waals surface area contributed by atoms with E-state index in [4.69, 9.17) is 9.47 Å². The molecule has 0 spiro atoms. The van der Waals surface area contributed by atoms with Crippen molar-refractivity contribution in [3.05, 3.63) is 23.8 Å². The molecule has 0 unspecified atom stereocenters. The first-order valence-electron chi connectivity index (χ1n) is 6.36. The van der Waals surface area contributed by atoms with Gasteiger partial charge in [0.15, 0.2) is 17.3 Å². The lowest BCUT2D eigenvalue weighted by atomic mass is 9.92. The van der Waals surface area contributed by atoms with Gasteiger partial charge in [-0.1, -0.05) is 0 Å². The van der Waals surface area contributed by atoms with Crippen molar-refractivity contribution in [1.29, 1.82) is 0 Å². The number of rotatable bonds is 6. The highest BCUT2D eigenvalue weighted by Gasteiger charge is 2.29. The van der Waals surface area contributed by atoms with Crippen molar-refractivity contribution < 1.29 is 14.3 Å². The van der Waals surface area contributed by atoms with E-state index in [1.165, 1.54) is 0 Å². The lowest BCUT2D eigenvalue weighted by molar-refractivity contribution is 0.0873. The van der Waals surface area contributed by atoms with E-state index in [1.54, 1.807) is 32.4 Å². The van der Waals surface area contributed by atoms with Gasteiger partial charge < -0.3 is 14.8 Å². The van der Waals surface area contributed by atoms with Crippen LogP contribution in [-0.4, -0.2) is 31.6 Å². The Bertz CT molecular complexity index is 453. The van der Waals surface area contributed by atoms with Crippen LogP contribution in [0.4, 0.5) is 0 Å². The normalized spacial score (nSPS) is 11.5. The standard InChI is InChI=1S/C15H23NO3/c1-10(2)16-15(3,4)14(17)11-7-8-12(18-5)13(9-11)19-6/h7-10,16H,1-6H3. The van der Waals surface area contributed by atoms with Gasteiger partial charge in [0.2, 0.25) is 0 Å². The fourth-order valence-corrected chi connectivity index (χ4v) is 2.13. The third-order valence-electron chi connectivity index (χ3n) is 2.86. The van der Waals surface area contributed by atoms with Crippen LogP contribution >= 0.6 is 0 Å². The molecule has 1 aromatic carbocycles. The molecule has 1 N–H and O–H groups in total. The van der Waals surface area contributed by atoms with Crippen LogP contribution in [0.5, 0.6) is 11.5 Å². The largest absolute Gasteiger partial charge is 0.493 e. The molecule has 0 saturated carbocycles. The maximum Gasteiger partial charge on any atom is 0.182 e. The van der Waals surface area contributed by atoms with Crippen molar-refractivity contribution in [2.45, 2.75) is 39.3 Å². The number of ether oxygens (including phenoxy) is 2. The molecule has 106 valence electrons. The van der Waals surface area contributed by atoms with Gasteiger partial charge in [-0.3, -0.25) is 4.79 Å². The molecule has 4 nitrogen and oxygen atoms in total. The molecule has 0 aromatic heterocycles. The van der Waals surface area contributed by atoms with E-state index in [2.05, 4.69) is 5.32 Å². The predicted molar refractivity (Wildman–Crippen MR) is 76.2 cm³/mol. The Morgan fingerprint density at radius 2 is 1.74 bits per heavy atom. The highest BCUT2D eigenvalue weighted by atomic mass is 16.5. The molecular formula is C15H23NO3. The van der Waals surface area contributed by atoms with Gasteiger partial charge in [-0.25, -0.2) is 0 Å². The molecule has 0 saturated heterocycles. The second kappa shape index (κ2) is 6.06. The van der Waals surface area contributed by atoms with E-state index in [-0.39, 0.29) is 11.8 Å². The van der Waals surface area contributed by atoms with Crippen molar-refractivity contribution >= 4 is 5.78 Å². The number of Topliss-reactive ketones (excluding diaryl/α,β-unsaturated/α-hetero) is 1. The van der Waals surface area contributed by atoms with E-state index in [9.17, 15) is 4.79 Å². The second-order valence-electron chi connectivity index (χ2n) is 5.32. The van der Waals surface area contributed by atoms with Crippen LogP contribution in [0, 0.1) is 0 Å². The van der Waals surface area contributed by atoms with Crippen molar-refractivity contribution in [3.63, 3.8) is 0 Å². The van der Waals surface area contributed by atoms with Crippen molar-refractivity contribution in [2.75, 3.05) is 14.2 Å². The minimum atomic E-state index is -0.617. The summed E-state index contributed by atoms with van der Waals surface area (Å²) in [6, 6.07) is 5.45. The second-order valence-corrected chi connectivity index (χ2v) is 5.32. The molecule has 0 radical (unpaired) electrons. The summed E-state index contributed by atoms with van der Waals surface area (Å²) >= 11 is 0. The van der Waals surface area contributed by atoms with Crippen LogP contribution in [0.15, 0.2) is 18.2 Å². The number of carbonyl (C=O) groups is 1. The SMILES string of the molecule is COc1ccc(C(=O)C(C)(C)NC(C)C)cc1OC. The van der Waals surface area contributed by atoms with Gasteiger partial charge in [0.05, 0.1) is 19.8 Å². The monoisotopic (exact) mass is 265 g/mol. The Hall–Kier alpha value is -1.55. The summed E-state index contributed by atoms with van der Waals surface area (Å²) < 4.78 is 10.4. The molecule has 0 aliphatic rings. The summed E-state index contributed by atoms with van der Waals surface area (Å²) in [5, 5.41) is 3.26. The van der Waals surface area contributed by atoms with Gasteiger partial charge in [-0.15, -0.1) is 0 Å². The number of carbonyl (C=O) groups excluding carboxylic acids is 1. The highest BCUT2D eigenvalue weighted by molar-refractivity contribution is 6.03. The van der Waals surface area contributed by atoms with E-state index < -0.39 is 5.54 Å². The van der Waals surface area contributed by atoms with Gasteiger partial charge in [0.25, 0.3) is 0 Å². The summed E-state index contributed by atoms with van der Waals surface area (Å²) in [5.74, 6) is 1.21. The molecule has 19 heavy (non-hydrogen) atoms. The van der Waals surface area contributed by atoms with Crippen LogP contribution < -0.4 is 14.8 Å². The number of hydrogen-bond acceptors (Lipinski definition) is 4.